The van der Waals surface area contributed by atoms with Crippen LogP contribution in [0.15, 0.2) is 0 Å². The molecule has 2 atom stereocenters. The van der Waals surface area contributed by atoms with Gasteiger partial charge in [0.25, 0.3) is 0 Å². The number of nitrogens with zero attached hydrogens (tertiary/aromatic N) is 2. The lowest BCUT2D eigenvalue weighted by molar-refractivity contribution is -0.154. The van der Waals surface area contributed by atoms with Crippen LogP contribution in [-0.2, 0) is 38.1 Å². The first-order valence-corrected chi connectivity index (χ1v) is 29.5. The second-order valence-electron chi connectivity index (χ2n) is 22.0. The van der Waals surface area contributed by atoms with Crippen LogP contribution >= 0.6 is 0 Å². The van der Waals surface area contributed by atoms with Gasteiger partial charge in [-0.05, 0) is 105 Å². The molecule has 1 aliphatic heterocycles. The maximum Gasteiger partial charge on any atom is 0.323 e. The van der Waals surface area contributed by atoms with Gasteiger partial charge in [-0.1, -0.05) is 182 Å². The predicted octanol–water partition coefficient (Wildman–Crippen LogP) is 15.3. The third-order valence-corrected chi connectivity index (χ3v) is 14.5. The highest BCUT2D eigenvalue weighted by molar-refractivity contribution is 5.77. The number of esters is 4. The molecule has 0 aromatic rings. The molecule has 0 N–H and O–H groups in total. The molecule has 1 saturated heterocycles. The van der Waals surface area contributed by atoms with Crippen molar-refractivity contribution in [2.24, 2.45) is 11.3 Å². The third-order valence-electron chi connectivity index (χ3n) is 14.5. The smallest absolute Gasteiger partial charge is 0.323 e. The van der Waals surface area contributed by atoms with E-state index in [1.54, 1.807) is 0 Å². The molecule has 0 saturated carbocycles. The van der Waals surface area contributed by atoms with Gasteiger partial charge >= 0.3 is 23.9 Å². The lowest BCUT2D eigenvalue weighted by Crippen LogP contribution is -2.38. The minimum atomic E-state index is -0.508. The summed E-state index contributed by atoms with van der Waals surface area (Å²) >= 11 is 0. The number of hydrogen-bond donors (Lipinski definition) is 0. The van der Waals surface area contributed by atoms with Gasteiger partial charge in [-0.15, -0.1) is 0 Å². The summed E-state index contributed by atoms with van der Waals surface area (Å²) in [6.45, 7) is 15.8. The van der Waals surface area contributed by atoms with Crippen LogP contribution in [-0.4, -0.2) is 98.9 Å². The Labute approximate surface area is 426 Å². The molecule has 0 aliphatic carbocycles. The zero-order valence-electron chi connectivity index (χ0n) is 46.7. The number of carbonyl (C=O) groups excluding carboxylic acids is 4. The van der Waals surface area contributed by atoms with E-state index in [1.165, 1.54) is 116 Å². The Bertz CT molecular complexity index is 1230. The Morgan fingerprint density at radius 1 is 0.551 bits per heavy atom. The summed E-state index contributed by atoms with van der Waals surface area (Å²) in [7, 11) is 3.87. The van der Waals surface area contributed by atoms with E-state index in [-0.39, 0.29) is 36.1 Å². The minimum Gasteiger partial charge on any atom is -0.465 e. The Morgan fingerprint density at radius 3 is 1.65 bits per heavy atom. The number of likely N-dealkylation sites (tertiary alicyclic amines) is 1. The topological polar surface area (TPSA) is 112 Å². The molecule has 0 amide bonds. The molecule has 10 heteroatoms. The summed E-state index contributed by atoms with van der Waals surface area (Å²) in [5.41, 5.74) is -0.508. The van der Waals surface area contributed by atoms with Crippen LogP contribution in [0.5, 0.6) is 0 Å². The van der Waals surface area contributed by atoms with Gasteiger partial charge in [-0.2, -0.15) is 0 Å². The Morgan fingerprint density at radius 2 is 1.04 bits per heavy atom. The molecule has 10 nitrogen and oxygen atoms in total. The summed E-state index contributed by atoms with van der Waals surface area (Å²) in [6.07, 6.45) is 39.6. The van der Waals surface area contributed by atoms with Crippen molar-refractivity contribution in [1.82, 2.24) is 9.80 Å². The van der Waals surface area contributed by atoms with E-state index in [1.807, 2.05) is 32.8 Å². The second-order valence-corrected chi connectivity index (χ2v) is 22.0. The summed E-state index contributed by atoms with van der Waals surface area (Å²) in [6, 6.07) is -0.426. The van der Waals surface area contributed by atoms with Crippen molar-refractivity contribution >= 4 is 23.9 Å². The molecule has 1 rings (SSSR count). The van der Waals surface area contributed by atoms with Crippen molar-refractivity contribution in [3.8, 4) is 0 Å². The number of rotatable bonds is 48. The molecule has 0 spiro atoms. The number of hydrogen-bond acceptors (Lipinski definition) is 10. The molecule has 69 heavy (non-hydrogen) atoms. The highest BCUT2D eigenvalue weighted by Gasteiger charge is 2.39. The van der Waals surface area contributed by atoms with E-state index in [2.05, 4.69) is 32.6 Å². The third kappa shape index (κ3) is 35.5. The summed E-state index contributed by atoms with van der Waals surface area (Å²) in [5, 5.41) is 0. The zero-order chi connectivity index (χ0) is 50.8. The Hall–Kier alpha value is -2.20. The quantitative estimate of drug-likeness (QED) is 0.0332. The van der Waals surface area contributed by atoms with Crippen molar-refractivity contribution in [2.45, 2.75) is 297 Å². The predicted molar refractivity (Wildman–Crippen MR) is 286 cm³/mol. The first-order valence-electron chi connectivity index (χ1n) is 29.5. The largest absolute Gasteiger partial charge is 0.465 e. The van der Waals surface area contributed by atoms with Crippen molar-refractivity contribution < 1.29 is 38.1 Å². The van der Waals surface area contributed by atoms with Crippen LogP contribution in [0, 0.1) is 11.3 Å². The maximum absolute atomic E-state index is 13.5. The monoisotopic (exact) mass is 977 g/mol. The Balaban J connectivity index is 2.49. The summed E-state index contributed by atoms with van der Waals surface area (Å²) in [4.78, 5) is 56.2. The standard InChI is InChI=1S/C59H112N2O8/c1-9-13-17-19-22-30-40-52(41-31-23-20-18-14-10-2)68-55(62)42-32-24-21-27-35-47-66-57(64)54-49-53(69-56(63)43-46-60(7)8)50-61(54)45-34-26-25-33-44-59(5,6)58(65)67-48-36-39-51(37-28-15-11-3)38-29-16-12-4/h51-54H,9-50H2,1-8H3/t53-,54?/m0/s1. The number of unbranched alkanes of at least 4 members (excludes halogenated alkanes) is 21. The fourth-order valence-corrected chi connectivity index (χ4v) is 9.85. The second kappa shape index (κ2) is 43.4. The minimum absolute atomic E-state index is 0.0466. The molecule has 0 radical (unpaired) electrons. The van der Waals surface area contributed by atoms with Crippen molar-refractivity contribution in [3.05, 3.63) is 0 Å². The molecular weight excluding hydrogens is 865 g/mol. The van der Waals surface area contributed by atoms with Crippen molar-refractivity contribution in [3.63, 3.8) is 0 Å². The van der Waals surface area contributed by atoms with Crippen LogP contribution in [0.1, 0.15) is 279 Å². The highest BCUT2D eigenvalue weighted by atomic mass is 16.6. The fraction of sp³-hybridized carbons (Fsp3) is 0.932. The average molecular weight is 978 g/mol. The van der Waals surface area contributed by atoms with E-state index in [0.29, 0.717) is 45.6 Å². The van der Waals surface area contributed by atoms with Gasteiger partial charge in [-0.3, -0.25) is 24.1 Å². The van der Waals surface area contributed by atoms with Crippen molar-refractivity contribution in [1.29, 1.82) is 0 Å². The molecule has 0 aromatic carbocycles. The molecule has 0 bridgehead atoms. The fourth-order valence-electron chi connectivity index (χ4n) is 9.85. The van der Waals surface area contributed by atoms with E-state index >= 15 is 0 Å². The first-order chi connectivity index (χ1) is 33.4. The highest BCUT2D eigenvalue weighted by Crippen LogP contribution is 2.28. The zero-order valence-corrected chi connectivity index (χ0v) is 46.7. The molecule has 1 heterocycles. The van der Waals surface area contributed by atoms with Crippen LogP contribution in [0.4, 0.5) is 0 Å². The first kappa shape index (κ1) is 64.8. The van der Waals surface area contributed by atoms with Crippen LogP contribution in [0.2, 0.25) is 0 Å². The average Bonchev–Trinajstić information content (AvgIpc) is 3.72. The molecule has 1 unspecified atom stereocenters. The van der Waals surface area contributed by atoms with E-state index < -0.39 is 11.5 Å². The lowest BCUT2D eigenvalue weighted by atomic mass is 9.87. The normalized spacial score (nSPS) is 15.4. The van der Waals surface area contributed by atoms with Crippen LogP contribution < -0.4 is 0 Å². The maximum atomic E-state index is 13.5. The molecule has 0 aromatic heterocycles. The van der Waals surface area contributed by atoms with Gasteiger partial charge < -0.3 is 23.8 Å². The number of ether oxygens (including phenoxy) is 4. The van der Waals surface area contributed by atoms with Gasteiger partial charge in [0.05, 0.1) is 25.0 Å². The van der Waals surface area contributed by atoms with Gasteiger partial charge in [0.2, 0.25) is 0 Å². The van der Waals surface area contributed by atoms with Gasteiger partial charge in [0.1, 0.15) is 18.2 Å². The molecule has 1 fully saturated rings. The lowest BCUT2D eigenvalue weighted by Gasteiger charge is -2.24. The van der Waals surface area contributed by atoms with Crippen molar-refractivity contribution in [2.75, 3.05) is 46.9 Å². The van der Waals surface area contributed by atoms with Gasteiger partial charge in [0.15, 0.2) is 0 Å². The van der Waals surface area contributed by atoms with Gasteiger partial charge in [0, 0.05) is 25.9 Å². The van der Waals surface area contributed by atoms with E-state index in [4.69, 9.17) is 18.9 Å². The number of carbonyl (C=O) groups is 4. The summed E-state index contributed by atoms with van der Waals surface area (Å²) in [5.74, 6) is 0.157. The van der Waals surface area contributed by atoms with E-state index in [0.717, 1.165) is 115 Å². The summed E-state index contributed by atoms with van der Waals surface area (Å²) < 4.78 is 23.6. The molecular formula is C59H112N2O8. The van der Waals surface area contributed by atoms with Crippen LogP contribution in [0.25, 0.3) is 0 Å². The SMILES string of the molecule is CCCCCCCCC(CCCCCCCC)OC(=O)CCCCCCCOC(=O)C1C[C@H](OC(=O)CCN(C)C)CN1CCCCCCC(C)(C)C(=O)OCCCC(CCCCC)CCCCC. The molecule has 1 aliphatic rings. The van der Waals surface area contributed by atoms with E-state index in [9.17, 15) is 19.2 Å². The molecule has 406 valence electrons. The van der Waals surface area contributed by atoms with Crippen LogP contribution in [0.3, 0.4) is 0 Å². The Kier molecular flexibility index (Phi) is 40.8. The van der Waals surface area contributed by atoms with Gasteiger partial charge in [-0.25, -0.2) is 0 Å².